The van der Waals surface area contributed by atoms with E-state index in [0.717, 1.165) is 37.7 Å². The van der Waals surface area contributed by atoms with Crippen molar-refractivity contribution in [1.82, 2.24) is 19.8 Å². The van der Waals surface area contributed by atoms with Gasteiger partial charge in [-0.1, -0.05) is 32.0 Å². The second kappa shape index (κ2) is 14.2. The molecule has 0 saturated carbocycles. The standard InChI is InChI=1S/C34H39F3N4O4S/c1-19(2)12-27(41-17-22(10-11-40(5)6)25(15-29(41)42)34(35,36)37)33(45)39-26(16-30(43)44)24-13-23(14-28-32(24)38-18-46-28)31-20(3)8-7-9-21(31)4/h7-9,13-15,17-19,26-27H,10-12,16H2,1-6H3,(H,39,45)(H,43,44)/t26-,27-/m0/s1. The highest BCUT2D eigenvalue weighted by Crippen LogP contribution is 2.37. The Labute approximate surface area is 269 Å². The predicted octanol–water partition coefficient (Wildman–Crippen LogP) is 6.78. The zero-order chi connectivity index (χ0) is 33.9. The van der Waals surface area contributed by atoms with E-state index in [0.29, 0.717) is 23.7 Å². The van der Waals surface area contributed by atoms with Crippen molar-refractivity contribution in [3.63, 3.8) is 0 Å². The van der Waals surface area contributed by atoms with Crippen LogP contribution in [-0.2, 0) is 22.2 Å². The van der Waals surface area contributed by atoms with Crippen LogP contribution >= 0.6 is 11.3 Å². The van der Waals surface area contributed by atoms with Crippen LogP contribution in [0, 0.1) is 19.8 Å². The molecule has 12 heteroatoms. The molecule has 0 radical (unpaired) electrons. The summed E-state index contributed by atoms with van der Waals surface area (Å²) in [6.45, 7) is 7.94. The van der Waals surface area contributed by atoms with Gasteiger partial charge in [0.05, 0.1) is 33.8 Å². The number of carbonyl (C=O) groups is 2. The summed E-state index contributed by atoms with van der Waals surface area (Å²) in [4.78, 5) is 45.7. The molecule has 0 fully saturated rings. The average molecular weight is 657 g/mol. The SMILES string of the molecule is Cc1cccc(C)c1-c1cc([C@H](CC(=O)O)NC(=O)[C@H](CC(C)C)n2cc(CCN(C)C)c(C(F)(F)F)cc2=O)c2ncsc2c1. The fraction of sp³-hybridized carbons (Fsp3) is 0.412. The molecular weight excluding hydrogens is 617 g/mol. The predicted molar refractivity (Wildman–Crippen MR) is 174 cm³/mol. The summed E-state index contributed by atoms with van der Waals surface area (Å²) in [5.41, 5.74) is 4.48. The molecule has 2 N–H and O–H groups in total. The third-order valence-corrected chi connectivity index (χ3v) is 8.71. The number of nitrogens with zero attached hydrogens (tertiary/aromatic N) is 3. The summed E-state index contributed by atoms with van der Waals surface area (Å²) < 4.78 is 43.7. The number of benzene rings is 2. The van der Waals surface area contributed by atoms with Gasteiger partial charge in [0.1, 0.15) is 6.04 Å². The monoisotopic (exact) mass is 656 g/mol. The molecule has 4 aromatic rings. The number of hydrogen-bond acceptors (Lipinski definition) is 6. The fourth-order valence-corrected chi connectivity index (χ4v) is 6.54. The van der Waals surface area contributed by atoms with Gasteiger partial charge in [0.25, 0.3) is 5.56 Å². The van der Waals surface area contributed by atoms with Crippen molar-refractivity contribution in [2.75, 3.05) is 20.6 Å². The molecular formula is C34H39F3N4O4S. The first-order chi connectivity index (χ1) is 21.6. The minimum Gasteiger partial charge on any atom is -0.481 e. The lowest BCUT2D eigenvalue weighted by Gasteiger charge is -2.26. The average Bonchev–Trinajstić information content (AvgIpc) is 3.42. The Morgan fingerprint density at radius 3 is 2.37 bits per heavy atom. The summed E-state index contributed by atoms with van der Waals surface area (Å²) in [5.74, 6) is -1.95. The van der Waals surface area contributed by atoms with Gasteiger partial charge in [-0.25, -0.2) is 4.98 Å². The number of rotatable bonds is 12. The van der Waals surface area contributed by atoms with Crippen LogP contribution < -0.4 is 10.9 Å². The largest absolute Gasteiger partial charge is 0.481 e. The van der Waals surface area contributed by atoms with Crippen LogP contribution in [0.4, 0.5) is 13.2 Å². The normalized spacial score (nSPS) is 13.4. The maximum Gasteiger partial charge on any atom is 0.416 e. The van der Waals surface area contributed by atoms with Crippen molar-refractivity contribution >= 4 is 33.4 Å². The molecule has 0 spiro atoms. The molecule has 0 aliphatic heterocycles. The third-order valence-electron chi connectivity index (χ3n) is 7.94. The first-order valence-electron chi connectivity index (χ1n) is 15.0. The van der Waals surface area contributed by atoms with Crippen LogP contribution in [0.25, 0.3) is 21.3 Å². The Balaban J connectivity index is 1.82. The summed E-state index contributed by atoms with van der Waals surface area (Å²) in [6, 6.07) is 8.09. The molecule has 8 nitrogen and oxygen atoms in total. The van der Waals surface area contributed by atoms with Gasteiger partial charge in [0, 0.05) is 24.4 Å². The minimum atomic E-state index is -4.75. The minimum absolute atomic E-state index is 0.00665. The van der Waals surface area contributed by atoms with Crippen molar-refractivity contribution in [3.8, 4) is 11.1 Å². The number of hydrogen-bond donors (Lipinski definition) is 2. The second-order valence-corrected chi connectivity index (χ2v) is 13.2. The number of nitrogens with one attached hydrogen (secondary N) is 1. The topological polar surface area (TPSA) is 105 Å². The number of aryl methyl sites for hydroxylation is 2. The van der Waals surface area contributed by atoms with Crippen molar-refractivity contribution in [2.24, 2.45) is 5.92 Å². The van der Waals surface area contributed by atoms with Gasteiger partial charge in [-0.2, -0.15) is 13.2 Å². The Hall–Kier alpha value is -4.03. The van der Waals surface area contributed by atoms with E-state index in [-0.39, 0.29) is 24.3 Å². The number of carbonyl (C=O) groups excluding carboxylic acids is 1. The number of alkyl halides is 3. The molecule has 0 aliphatic carbocycles. The van der Waals surface area contributed by atoms with Gasteiger partial charge >= 0.3 is 12.1 Å². The van der Waals surface area contributed by atoms with Gasteiger partial charge in [-0.05, 0) is 86.7 Å². The van der Waals surface area contributed by atoms with Gasteiger partial charge in [-0.15, -0.1) is 11.3 Å². The number of amides is 1. The van der Waals surface area contributed by atoms with E-state index in [1.165, 1.54) is 11.3 Å². The van der Waals surface area contributed by atoms with Crippen molar-refractivity contribution in [1.29, 1.82) is 0 Å². The van der Waals surface area contributed by atoms with E-state index in [2.05, 4.69) is 10.3 Å². The summed E-state index contributed by atoms with van der Waals surface area (Å²) in [5, 5.41) is 12.8. The van der Waals surface area contributed by atoms with Crippen molar-refractivity contribution in [2.45, 2.75) is 65.2 Å². The maximum atomic E-state index is 14.1. The second-order valence-electron chi connectivity index (χ2n) is 12.3. The summed E-state index contributed by atoms with van der Waals surface area (Å²) in [7, 11) is 3.46. The number of thiazole rings is 1. The molecule has 0 unspecified atom stereocenters. The smallest absolute Gasteiger partial charge is 0.416 e. The Morgan fingerprint density at radius 2 is 1.78 bits per heavy atom. The number of fused-ring (bicyclic) bond motifs is 1. The molecule has 0 aliphatic rings. The van der Waals surface area contributed by atoms with E-state index >= 15 is 0 Å². The van der Waals surface area contributed by atoms with Gasteiger partial charge < -0.3 is 19.9 Å². The first kappa shape index (κ1) is 34.8. The molecule has 246 valence electrons. The van der Waals surface area contributed by atoms with Gasteiger partial charge in [0.2, 0.25) is 5.91 Å². The molecule has 4 rings (SSSR count). The maximum absolute atomic E-state index is 14.1. The highest BCUT2D eigenvalue weighted by molar-refractivity contribution is 7.16. The number of pyridine rings is 1. The van der Waals surface area contributed by atoms with E-state index in [1.54, 1.807) is 24.5 Å². The van der Waals surface area contributed by atoms with Crippen LogP contribution in [0.5, 0.6) is 0 Å². The van der Waals surface area contributed by atoms with E-state index in [1.807, 2.05) is 58.0 Å². The lowest BCUT2D eigenvalue weighted by atomic mass is 9.91. The fourth-order valence-electron chi connectivity index (χ4n) is 5.79. The van der Waals surface area contributed by atoms with Crippen LogP contribution in [-0.4, -0.2) is 52.1 Å². The highest BCUT2D eigenvalue weighted by atomic mass is 32.1. The Kier molecular flexibility index (Phi) is 10.7. The summed E-state index contributed by atoms with van der Waals surface area (Å²) >= 11 is 1.39. The molecule has 1 amide bonds. The zero-order valence-electron chi connectivity index (χ0n) is 26.7. The van der Waals surface area contributed by atoms with Gasteiger partial charge in [-0.3, -0.25) is 14.4 Å². The van der Waals surface area contributed by atoms with Crippen molar-refractivity contribution < 1.29 is 27.9 Å². The number of carboxylic acid groups (broad SMARTS) is 1. The van der Waals surface area contributed by atoms with Gasteiger partial charge in [0.15, 0.2) is 0 Å². The van der Waals surface area contributed by atoms with Crippen molar-refractivity contribution in [3.05, 3.63) is 86.3 Å². The van der Waals surface area contributed by atoms with Crippen LogP contribution in [0.3, 0.4) is 0 Å². The molecule has 0 saturated heterocycles. The lowest BCUT2D eigenvalue weighted by Crippen LogP contribution is -2.40. The molecule has 2 atom stereocenters. The molecule has 2 aromatic heterocycles. The quantitative estimate of drug-likeness (QED) is 0.174. The Morgan fingerprint density at radius 1 is 1.11 bits per heavy atom. The summed E-state index contributed by atoms with van der Waals surface area (Å²) in [6.07, 6.45) is -3.94. The van der Waals surface area contributed by atoms with Crippen LogP contribution in [0.15, 0.2) is 52.9 Å². The van der Waals surface area contributed by atoms with E-state index in [4.69, 9.17) is 0 Å². The lowest BCUT2D eigenvalue weighted by molar-refractivity contribution is -0.139. The molecule has 2 aromatic carbocycles. The van der Waals surface area contributed by atoms with E-state index < -0.39 is 47.7 Å². The molecule has 46 heavy (non-hydrogen) atoms. The third kappa shape index (κ3) is 8.03. The van der Waals surface area contributed by atoms with Crippen LogP contribution in [0.2, 0.25) is 0 Å². The zero-order valence-corrected chi connectivity index (χ0v) is 27.6. The van der Waals surface area contributed by atoms with Crippen LogP contribution in [0.1, 0.15) is 66.6 Å². The van der Waals surface area contributed by atoms with E-state index in [9.17, 15) is 32.7 Å². The number of aliphatic carboxylic acids is 1. The molecule has 0 bridgehead atoms. The highest BCUT2D eigenvalue weighted by Gasteiger charge is 2.36. The number of carboxylic acids is 1. The molecule has 2 heterocycles. The number of aromatic nitrogens is 2. The number of halogens is 3. The first-order valence-corrected chi connectivity index (χ1v) is 15.9. The Bertz CT molecular complexity index is 1780. The number of likely N-dealkylation sites (N-methyl/N-ethyl adjacent to an activating group) is 1.